The Bertz CT molecular complexity index is 856. The van der Waals surface area contributed by atoms with E-state index in [9.17, 15) is 9.18 Å². The van der Waals surface area contributed by atoms with E-state index in [0.29, 0.717) is 12.5 Å². The molecule has 160 valence electrons. The van der Waals surface area contributed by atoms with Gasteiger partial charge in [0.05, 0.1) is 19.8 Å². The summed E-state index contributed by atoms with van der Waals surface area (Å²) in [6, 6.07) is 10.7. The van der Waals surface area contributed by atoms with Gasteiger partial charge in [0.15, 0.2) is 0 Å². The second-order valence-corrected chi connectivity index (χ2v) is 8.74. The van der Waals surface area contributed by atoms with Crippen LogP contribution in [0.15, 0.2) is 42.5 Å². The molecule has 1 aromatic heterocycles. The van der Waals surface area contributed by atoms with Gasteiger partial charge in [-0.1, -0.05) is 12.1 Å². The van der Waals surface area contributed by atoms with Crippen molar-refractivity contribution in [3.8, 4) is 10.4 Å². The van der Waals surface area contributed by atoms with Crippen LogP contribution in [-0.4, -0.2) is 62.9 Å². The van der Waals surface area contributed by atoms with Gasteiger partial charge in [-0.2, -0.15) is 0 Å². The predicted octanol–water partition coefficient (Wildman–Crippen LogP) is 3.42. The average Bonchev–Trinajstić information content (AvgIpc) is 3.46. The molecule has 5 nitrogen and oxygen atoms in total. The SMILES string of the molecule is O=C(/C=C/c1ccc(-c2ccc(F)cc2)s1)NCC(C1CCOC1)N1CCOCC1. The summed E-state index contributed by atoms with van der Waals surface area (Å²) in [6.45, 7) is 5.45. The van der Waals surface area contributed by atoms with E-state index in [1.807, 2.05) is 18.2 Å². The molecule has 0 saturated carbocycles. The number of ether oxygens (including phenoxy) is 2. The first-order chi connectivity index (χ1) is 14.7. The van der Waals surface area contributed by atoms with Gasteiger partial charge in [0.25, 0.3) is 0 Å². The van der Waals surface area contributed by atoms with Crippen molar-refractivity contribution < 1.29 is 18.7 Å². The summed E-state index contributed by atoms with van der Waals surface area (Å²) in [4.78, 5) is 16.9. The molecule has 30 heavy (non-hydrogen) atoms. The van der Waals surface area contributed by atoms with Gasteiger partial charge in [0, 0.05) is 54.0 Å². The lowest BCUT2D eigenvalue weighted by atomic mass is 9.97. The van der Waals surface area contributed by atoms with E-state index in [2.05, 4.69) is 10.2 Å². The molecule has 0 bridgehead atoms. The molecule has 2 unspecified atom stereocenters. The number of hydrogen-bond donors (Lipinski definition) is 1. The van der Waals surface area contributed by atoms with E-state index < -0.39 is 0 Å². The Morgan fingerprint density at radius 1 is 1.17 bits per heavy atom. The molecular formula is C23H27FN2O3S. The average molecular weight is 431 g/mol. The first-order valence-corrected chi connectivity index (χ1v) is 11.2. The first kappa shape index (κ1) is 21.2. The monoisotopic (exact) mass is 430 g/mol. The molecule has 2 aliphatic rings. The normalized spacial score (nSPS) is 21.2. The van der Waals surface area contributed by atoms with Gasteiger partial charge in [0.1, 0.15) is 5.82 Å². The van der Waals surface area contributed by atoms with Crippen LogP contribution in [0.5, 0.6) is 0 Å². The van der Waals surface area contributed by atoms with Crippen LogP contribution in [0.3, 0.4) is 0 Å². The topological polar surface area (TPSA) is 50.8 Å². The van der Waals surface area contributed by atoms with Crippen molar-refractivity contribution in [3.05, 3.63) is 53.2 Å². The lowest BCUT2D eigenvalue weighted by Gasteiger charge is -2.37. The minimum atomic E-state index is -0.244. The van der Waals surface area contributed by atoms with Crippen LogP contribution in [-0.2, 0) is 14.3 Å². The Hall–Kier alpha value is -2.06. The highest BCUT2D eigenvalue weighted by Gasteiger charge is 2.31. The van der Waals surface area contributed by atoms with Crippen molar-refractivity contribution in [2.24, 2.45) is 5.92 Å². The molecule has 2 atom stereocenters. The molecule has 0 aliphatic carbocycles. The fourth-order valence-corrected chi connectivity index (χ4v) is 4.91. The quantitative estimate of drug-likeness (QED) is 0.684. The minimum Gasteiger partial charge on any atom is -0.381 e. The summed E-state index contributed by atoms with van der Waals surface area (Å²) in [5.41, 5.74) is 0.970. The van der Waals surface area contributed by atoms with Crippen LogP contribution in [0, 0.1) is 11.7 Å². The third kappa shape index (κ3) is 5.55. The number of amides is 1. The smallest absolute Gasteiger partial charge is 0.244 e. The summed E-state index contributed by atoms with van der Waals surface area (Å²) < 4.78 is 24.2. The van der Waals surface area contributed by atoms with Gasteiger partial charge in [-0.3, -0.25) is 9.69 Å². The van der Waals surface area contributed by atoms with Crippen molar-refractivity contribution in [1.82, 2.24) is 10.2 Å². The molecule has 0 radical (unpaired) electrons. The van der Waals surface area contributed by atoms with E-state index in [-0.39, 0.29) is 17.8 Å². The second-order valence-electron chi connectivity index (χ2n) is 7.63. The zero-order chi connectivity index (χ0) is 20.8. The van der Waals surface area contributed by atoms with Crippen molar-refractivity contribution in [3.63, 3.8) is 0 Å². The maximum absolute atomic E-state index is 13.1. The largest absolute Gasteiger partial charge is 0.381 e. The van der Waals surface area contributed by atoms with E-state index in [1.165, 1.54) is 12.1 Å². The Morgan fingerprint density at radius 2 is 1.97 bits per heavy atom. The first-order valence-electron chi connectivity index (χ1n) is 10.4. The van der Waals surface area contributed by atoms with E-state index in [0.717, 1.165) is 61.3 Å². The maximum Gasteiger partial charge on any atom is 0.244 e. The number of carbonyl (C=O) groups excluding carboxylic acids is 1. The molecule has 1 N–H and O–H groups in total. The number of morpholine rings is 1. The highest BCUT2D eigenvalue weighted by Crippen LogP contribution is 2.29. The molecule has 2 aliphatic heterocycles. The highest BCUT2D eigenvalue weighted by molar-refractivity contribution is 7.16. The Morgan fingerprint density at radius 3 is 2.70 bits per heavy atom. The van der Waals surface area contributed by atoms with Crippen LogP contribution in [0.4, 0.5) is 4.39 Å². The van der Waals surface area contributed by atoms with Gasteiger partial charge in [0.2, 0.25) is 5.91 Å². The summed E-state index contributed by atoms with van der Waals surface area (Å²) in [7, 11) is 0. The lowest BCUT2D eigenvalue weighted by molar-refractivity contribution is -0.116. The highest BCUT2D eigenvalue weighted by atomic mass is 32.1. The van der Waals surface area contributed by atoms with E-state index >= 15 is 0 Å². The molecule has 0 spiro atoms. The van der Waals surface area contributed by atoms with Gasteiger partial charge >= 0.3 is 0 Å². The van der Waals surface area contributed by atoms with Gasteiger partial charge in [-0.25, -0.2) is 4.39 Å². The minimum absolute atomic E-state index is 0.0936. The number of nitrogens with one attached hydrogen (secondary N) is 1. The molecule has 3 heterocycles. The Balaban J connectivity index is 1.33. The summed E-state index contributed by atoms with van der Waals surface area (Å²) in [6.07, 6.45) is 4.45. The fraction of sp³-hybridized carbons (Fsp3) is 0.435. The number of nitrogens with zero attached hydrogens (tertiary/aromatic N) is 1. The number of thiophene rings is 1. The Kier molecular flexibility index (Phi) is 7.28. The fourth-order valence-electron chi connectivity index (χ4n) is 3.99. The molecule has 4 rings (SSSR count). The summed E-state index contributed by atoms with van der Waals surface area (Å²) in [5.74, 6) is 0.110. The predicted molar refractivity (Wildman–Crippen MR) is 117 cm³/mol. The maximum atomic E-state index is 13.1. The lowest BCUT2D eigenvalue weighted by Crippen LogP contribution is -2.52. The van der Waals surface area contributed by atoms with Gasteiger partial charge < -0.3 is 14.8 Å². The van der Waals surface area contributed by atoms with E-state index in [1.54, 1.807) is 29.5 Å². The summed E-state index contributed by atoms with van der Waals surface area (Å²) >= 11 is 1.57. The zero-order valence-corrected chi connectivity index (χ0v) is 17.7. The molecule has 7 heteroatoms. The van der Waals surface area contributed by atoms with Crippen molar-refractivity contribution in [1.29, 1.82) is 0 Å². The number of benzene rings is 1. The molecule has 1 aromatic carbocycles. The summed E-state index contributed by atoms with van der Waals surface area (Å²) in [5, 5.41) is 3.07. The molecule has 2 fully saturated rings. The van der Waals surface area contributed by atoms with Crippen LogP contribution in [0.1, 0.15) is 11.3 Å². The number of hydrogen-bond acceptors (Lipinski definition) is 5. The van der Waals surface area contributed by atoms with Crippen LogP contribution in [0.25, 0.3) is 16.5 Å². The number of rotatable bonds is 7. The Labute approximate surface area is 180 Å². The third-order valence-corrected chi connectivity index (χ3v) is 6.76. The van der Waals surface area contributed by atoms with Crippen molar-refractivity contribution in [2.75, 3.05) is 46.1 Å². The number of carbonyl (C=O) groups is 1. The number of halogens is 1. The van der Waals surface area contributed by atoms with Gasteiger partial charge in [-0.15, -0.1) is 11.3 Å². The zero-order valence-electron chi connectivity index (χ0n) is 16.9. The molecular weight excluding hydrogens is 403 g/mol. The van der Waals surface area contributed by atoms with Gasteiger partial charge in [-0.05, 0) is 42.3 Å². The molecule has 2 aromatic rings. The molecule has 1 amide bonds. The van der Waals surface area contributed by atoms with E-state index in [4.69, 9.17) is 9.47 Å². The second kappa shape index (κ2) is 10.3. The van der Waals surface area contributed by atoms with Crippen molar-refractivity contribution >= 4 is 23.3 Å². The molecule has 2 saturated heterocycles. The van der Waals surface area contributed by atoms with Crippen molar-refractivity contribution in [2.45, 2.75) is 12.5 Å². The van der Waals surface area contributed by atoms with Crippen LogP contribution < -0.4 is 5.32 Å². The van der Waals surface area contributed by atoms with Crippen LogP contribution >= 0.6 is 11.3 Å². The standard InChI is InChI=1S/C23H27FN2O3S/c24-19-3-1-17(2-4-19)22-7-5-20(30-22)6-8-23(27)25-15-21(18-9-12-29-16-18)26-10-13-28-14-11-26/h1-8,18,21H,9-16H2,(H,25,27)/b8-6+. The van der Waals surface area contributed by atoms with Crippen LogP contribution in [0.2, 0.25) is 0 Å². The third-order valence-electron chi connectivity index (χ3n) is 5.66.